The highest BCUT2D eigenvalue weighted by molar-refractivity contribution is 5.39. The van der Waals surface area contributed by atoms with E-state index in [0.29, 0.717) is 11.8 Å². The minimum Gasteiger partial charge on any atom is -0.493 e. The topological polar surface area (TPSA) is 51.4 Å². The van der Waals surface area contributed by atoms with E-state index in [4.69, 9.17) is 9.26 Å². The normalized spacial score (nSPS) is 21.2. The molecule has 0 amide bonds. The minimum atomic E-state index is 0.624. The van der Waals surface area contributed by atoms with Gasteiger partial charge in [0, 0.05) is 32.9 Å². The van der Waals surface area contributed by atoms with Gasteiger partial charge in [-0.2, -0.15) is 4.98 Å². The Hall–Kier alpha value is -1.88. The predicted molar refractivity (Wildman–Crippen MR) is 86.4 cm³/mol. The van der Waals surface area contributed by atoms with E-state index < -0.39 is 0 Å². The van der Waals surface area contributed by atoms with Gasteiger partial charge in [-0.05, 0) is 42.5 Å². The van der Waals surface area contributed by atoms with E-state index in [1.807, 2.05) is 6.92 Å². The molecule has 1 saturated heterocycles. The van der Waals surface area contributed by atoms with Crippen LogP contribution in [0.25, 0.3) is 0 Å². The number of benzene rings is 1. The molecule has 3 heterocycles. The largest absolute Gasteiger partial charge is 0.493 e. The molecule has 23 heavy (non-hydrogen) atoms. The van der Waals surface area contributed by atoms with Gasteiger partial charge in [-0.25, -0.2) is 0 Å². The summed E-state index contributed by atoms with van der Waals surface area (Å²) in [6.07, 6.45) is 4.46. The van der Waals surface area contributed by atoms with Crippen LogP contribution in [0.3, 0.4) is 0 Å². The van der Waals surface area contributed by atoms with Crippen molar-refractivity contribution in [3.63, 3.8) is 0 Å². The molecular weight excluding hydrogens is 290 g/mol. The van der Waals surface area contributed by atoms with Gasteiger partial charge in [-0.3, -0.25) is 4.90 Å². The molecule has 2 aromatic rings. The molecule has 0 radical (unpaired) electrons. The molecule has 1 atom stereocenters. The van der Waals surface area contributed by atoms with E-state index in [1.165, 1.54) is 30.5 Å². The molecule has 122 valence electrons. The van der Waals surface area contributed by atoms with Gasteiger partial charge in [0.15, 0.2) is 5.82 Å². The monoisotopic (exact) mass is 313 g/mol. The van der Waals surface area contributed by atoms with Crippen LogP contribution in [0.2, 0.25) is 0 Å². The number of hydrogen-bond donors (Lipinski definition) is 0. The molecule has 0 saturated carbocycles. The maximum Gasteiger partial charge on any atom is 0.223 e. The molecule has 2 aliphatic rings. The van der Waals surface area contributed by atoms with E-state index in [2.05, 4.69) is 33.2 Å². The van der Waals surface area contributed by atoms with E-state index in [9.17, 15) is 0 Å². The first-order chi connectivity index (χ1) is 11.3. The Morgan fingerprint density at radius 2 is 2.30 bits per heavy atom. The number of piperidine rings is 1. The van der Waals surface area contributed by atoms with Crippen LogP contribution in [0.1, 0.15) is 35.7 Å². The van der Waals surface area contributed by atoms with Crippen LogP contribution in [0.4, 0.5) is 0 Å². The van der Waals surface area contributed by atoms with Gasteiger partial charge >= 0.3 is 0 Å². The van der Waals surface area contributed by atoms with Gasteiger partial charge in [0.1, 0.15) is 5.75 Å². The zero-order valence-electron chi connectivity index (χ0n) is 13.6. The molecule has 0 aliphatic carbocycles. The average Bonchev–Trinajstić information content (AvgIpc) is 3.16. The first-order valence-electron chi connectivity index (χ1n) is 8.52. The van der Waals surface area contributed by atoms with Crippen LogP contribution >= 0.6 is 0 Å². The number of aromatic nitrogens is 2. The molecule has 1 aromatic heterocycles. The number of rotatable bonds is 4. The fourth-order valence-electron chi connectivity index (χ4n) is 3.74. The van der Waals surface area contributed by atoms with Crippen LogP contribution in [0.5, 0.6) is 5.75 Å². The first-order valence-corrected chi connectivity index (χ1v) is 8.52. The van der Waals surface area contributed by atoms with Gasteiger partial charge in [0.05, 0.1) is 6.61 Å². The van der Waals surface area contributed by atoms with Crippen molar-refractivity contribution in [2.75, 3.05) is 19.7 Å². The third-order valence-corrected chi connectivity index (χ3v) is 4.80. The second-order valence-corrected chi connectivity index (χ2v) is 6.72. The van der Waals surface area contributed by atoms with Gasteiger partial charge in [0.2, 0.25) is 5.89 Å². The molecular formula is C18H23N3O2. The summed E-state index contributed by atoms with van der Waals surface area (Å²) in [6.45, 7) is 5.99. The molecule has 1 aromatic carbocycles. The predicted octanol–water partition coefficient (Wildman–Crippen LogP) is 2.77. The lowest BCUT2D eigenvalue weighted by Crippen LogP contribution is -2.35. The van der Waals surface area contributed by atoms with Crippen LogP contribution in [-0.2, 0) is 19.4 Å². The Morgan fingerprint density at radius 1 is 1.35 bits per heavy atom. The third kappa shape index (κ3) is 3.39. The van der Waals surface area contributed by atoms with E-state index in [1.54, 1.807) is 0 Å². The number of nitrogens with zero attached hydrogens (tertiary/aromatic N) is 3. The maximum atomic E-state index is 5.59. The van der Waals surface area contributed by atoms with Gasteiger partial charge < -0.3 is 9.26 Å². The number of likely N-dealkylation sites (tertiary alicyclic amines) is 1. The second kappa shape index (κ2) is 6.32. The van der Waals surface area contributed by atoms with Crippen molar-refractivity contribution in [2.24, 2.45) is 5.92 Å². The SMILES string of the molecule is Cc1nc(C[C@@H]2CCCN(Cc3ccc4c(c3)CCO4)C2)no1. The van der Waals surface area contributed by atoms with E-state index in [0.717, 1.165) is 44.1 Å². The van der Waals surface area contributed by atoms with Crippen molar-refractivity contribution in [3.05, 3.63) is 41.0 Å². The molecule has 0 unspecified atom stereocenters. The Morgan fingerprint density at radius 3 is 3.17 bits per heavy atom. The highest BCUT2D eigenvalue weighted by atomic mass is 16.5. The summed E-state index contributed by atoms with van der Waals surface area (Å²) in [4.78, 5) is 6.90. The highest BCUT2D eigenvalue weighted by Gasteiger charge is 2.22. The van der Waals surface area contributed by atoms with E-state index >= 15 is 0 Å². The summed E-state index contributed by atoms with van der Waals surface area (Å²) >= 11 is 0. The Balaban J connectivity index is 1.37. The van der Waals surface area contributed by atoms with Crippen molar-refractivity contribution < 1.29 is 9.26 Å². The standard InChI is InChI=1S/C18H23N3O2/c1-13-19-18(20-23-13)10-14-3-2-7-21(11-14)12-15-4-5-17-16(9-15)6-8-22-17/h4-5,9,14H,2-3,6-8,10-12H2,1H3/t14-/m0/s1. The smallest absolute Gasteiger partial charge is 0.223 e. The van der Waals surface area contributed by atoms with Crippen molar-refractivity contribution in [1.82, 2.24) is 15.0 Å². The maximum absolute atomic E-state index is 5.59. The molecule has 4 rings (SSSR count). The summed E-state index contributed by atoms with van der Waals surface area (Å²) in [5, 5.41) is 4.04. The summed E-state index contributed by atoms with van der Waals surface area (Å²) in [7, 11) is 0. The Bertz CT molecular complexity index is 683. The van der Waals surface area contributed by atoms with Crippen LogP contribution in [-0.4, -0.2) is 34.7 Å². The fourth-order valence-corrected chi connectivity index (χ4v) is 3.74. The summed E-state index contributed by atoms with van der Waals surface area (Å²) in [6, 6.07) is 6.64. The number of aryl methyl sites for hydroxylation is 1. The van der Waals surface area contributed by atoms with Crippen molar-refractivity contribution in [2.45, 2.75) is 39.2 Å². The second-order valence-electron chi connectivity index (χ2n) is 6.72. The third-order valence-electron chi connectivity index (χ3n) is 4.80. The zero-order chi connectivity index (χ0) is 15.6. The summed E-state index contributed by atoms with van der Waals surface area (Å²) < 4.78 is 10.7. The van der Waals surface area contributed by atoms with Crippen molar-refractivity contribution >= 4 is 0 Å². The molecule has 0 spiro atoms. The molecule has 5 nitrogen and oxygen atoms in total. The van der Waals surface area contributed by atoms with Crippen LogP contribution in [0.15, 0.2) is 22.7 Å². The van der Waals surface area contributed by atoms with Gasteiger partial charge in [-0.1, -0.05) is 17.3 Å². The summed E-state index contributed by atoms with van der Waals surface area (Å²) in [5.41, 5.74) is 2.75. The first kappa shape index (κ1) is 14.7. The fraction of sp³-hybridized carbons (Fsp3) is 0.556. The van der Waals surface area contributed by atoms with E-state index in [-0.39, 0.29) is 0 Å². The van der Waals surface area contributed by atoms with Crippen molar-refractivity contribution in [1.29, 1.82) is 0 Å². The summed E-state index contributed by atoms with van der Waals surface area (Å²) in [5.74, 6) is 3.20. The number of ether oxygens (including phenoxy) is 1. The average molecular weight is 313 g/mol. The minimum absolute atomic E-state index is 0.624. The Labute approximate surface area is 136 Å². The molecule has 1 fully saturated rings. The van der Waals surface area contributed by atoms with Gasteiger partial charge in [0.25, 0.3) is 0 Å². The highest BCUT2D eigenvalue weighted by Crippen LogP contribution is 2.27. The van der Waals surface area contributed by atoms with Crippen LogP contribution < -0.4 is 4.74 Å². The lowest BCUT2D eigenvalue weighted by atomic mass is 9.94. The number of hydrogen-bond acceptors (Lipinski definition) is 5. The molecule has 0 N–H and O–H groups in total. The Kier molecular flexibility index (Phi) is 4.04. The van der Waals surface area contributed by atoms with Crippen molar-refractivity contribution in [3.8, 4) is 5.75 Å². The molecule has 5 heteroatoms. The molecule has 2 aliphatic heterocycles. The number of fused-ring (bicyclic) bond motifs is 1. The van der Waals surface area contributed by atoms with Gasteiger partial charge in [-0.15, -0.1) is 0 Å². The lowest BCUT2D eigenvalue weighted by Gasteiger charge is -2.32. The quantitative estimate of drug-likeness (QED) is 0.869. The zero-order valence-corrected chi connectivity index (χ0v) is 13.6. The van der Waals surface area contributed by atoms with Crippen LogP contribution in [0, 0.1) is 12.8 Å². The molecule has 0 bridgehead atoms. The lowest BCUT2D eigenvalue weighted by molar-refractivity contribution is 0.165.